The number of nitro groups is 1. The largest absolute Gasteiger partial charge is 0.438 e. The van der Waals surface area contributed by atoms with Crippen LogP contribution in [-0.2, 0) is 11.2 Å². The van der Waals surface area contributed by atoms with E-state index in [1.165, 1.54) is 17.0 Å². The van der Waals surface area contributed by atoms with Gasteiger partial charge in [-0.3, -0.25) is 15.0 Å². The maximum absolute atomic E-state index is 12.3. The Morgan fingerprint density at radius 1 is 1.38 bits per heavy atom. The highest BCUT2D eigenvalue weighted by atomic mass is 16.6. The Bertz CT molecular complexity index is 888. The van der Waals surface area contributed by atoms with Gasteiger partial charge in [0.05, 0.1) is 4.92 Å². The highest BCUT2D eigenvalue weighted by Crippen LogP contribution is 2.40. The van der Waals surface area contributed by atoms with Gasteiger partial charge in [0.15, 0.2) is 11.3 Å². The second kappa shape index (κ2) is 5.98. The molecule has 1 aliphatic heterocycles. The topological polar surface area (TPSA) is 109 Å². The summed E-state index contributed by atoms with van der Waals surface area (Å²) in [6.45, 7) is 7.28. The van der Waals surface area contributed by atoms with Gasteiger partial charge in [-0.05, 0) is 45.2 Å². The van der Waals surface area contributed by atoms with E-state index in [1.807, 2.05) is 13.8 Å². The third-order valence-electron chi connectivity index (χ3n) is 5.63. The number of ether oxygens (including phenoxy) is 1. The molecule has 1 fully saturated rings. The molecule has 0 bridgehead atoms. The number of cyclic esters (lactones) is 1. The van der Waals surface area contributed by atoms with Crippen LogP contribution in [0.2, 0.25) is 0 Å². The summed E-state index contributed by atoms with van der Waals surface area (Å²) in [5, 5.41) is 22.7. The van der Waals surface area contributed by atoms with Crippen LogP contribution in [0.5, 0.6) is 0 Å². The predicted octanol–water partition coefficient (Wildman–Crippen LogP) is 3.26. The fraction of sp³-hybridized carbons (Fsp3) is 0.500. The number of nitrogens with one attached hydrogen (secondary N) is 1. The van der Waals surface area contributed by atoms with Gasteiger partial charge in [-0.25, -0.2) is 4.79 Å². The van der Waals surface area contributed by atoms with Crippen LogP contribution >= 0.6 is 0 Å². The number of aryl methyl sites for hydroxylation is 1. The van der Waals surface area contributed by atoms with E-state index >= 15 is 0 Å². The van der Waals surface area contributed by atoms with Gasteiger partial charge in [-0.15, -0.1) is 0 Å². The lowest BCUT2D eigenvalue weighted by Gasteiger charge is -2.36. The summed E-state index contributed by atoms with van der Waals surface area (Å²) in [5.74, 6) is 0. The number of aliphatic hydroxyl groups is 1. The molecule has 3 rings (SSSR count). The molecular formula is C18H23N3O5. The summed E-state index contributed by atoms with van der Waals surface area (Å²) in [4.78, 5) is 27.4. The Hall–Kier alpha value is -2.61. The molecule has 0 saturated carbocycles. The zero-order valence-corrected chi connectivity index (χ0v) is 15.3. The lowest BCUT2D eigenvalue weighted by Crippen LogP contribution is -2.55. The summed E-state index contributed by atoms with van der Waals surface area (Å²) < 4.78 is 5.40. The molecule has 2 N–H and O–H groups in total. The molecule has 0 aliphatic carbocycles. The van der Waals surface area contributed by atoms with Crippen LogP contribution < -0.4 is 0 Å². The number of rotatable bonds is 5. The first kappa shape index (κ1) is 18.2. The molecule has 8 heteroatoms. The van der Waals surface area contributed by atoms with Crippen molar-refractivity contribution in [3.8, 4) is 0 Å². The number of fused-ring (bicyclic) bond motifs is 1. The minimum absolute atomic E-state index is 0.0175. The van der Waals surface area contributed by atoms with E-state index in [9.17, 15) is 20.0 Å². The zero-order chi connectivity index (χ0) is 19.3. The Morgan fingerprint density at radius 2 is 2.08 bits per heavy atom. The van der Waals surface area contributed by atoms with Crippen LogP contribution in [0.15, 0.2) is 18.2 Å². The van der Waals surface area contributed by atoms with Crippen molar-refractivity contribution < 1.29 is 19.6 Å². The van der Waals surface area contributed by atoms with E-state index in [-0.39, 0.29) is 12.2 Å². The highest BCUT2D eigenvalue weighted by Gasteiger charge is 2.58. The minimum Gasteiger partial charge on any atom is -0.438 e. The van der Waals surface area contributed by atoms with Crippen molar-refractivity contribution in [3.05, 3.63) is 39.6 Å². The monoisotopic (exact) mass is 361 g/mol. The molecule has 1 saturated heterocycles. The van der Waals surface area contributed by atoms with Gasteiger partial charge in [-0.1, -0.05) is 6.92 Å². The van der Waals surface area contributed by atoms with Crippen LogP contribution in [0.25, 0.3) is 10.9 Å². The average molecular weight is 361 g/mol. The number of hydrogen-bond donors (Lipinski definition) is 2. The molecule has 1 aliphatic rings. The number of amides is 1. The van der Waals surface area contributed by atoms with E-state index in [2.05, 4.69) is 4.98 Å². The van der Waals surface area contributed by atoms with Gasteiger partial charge < -0.3 is 14.8 Å². The zero-order valence-electron chi connectivity index (χ0n) is 15.3. The first-order valence-corrected chi connectivity index (χ1v) is 8.59. The minimum atomic E-state index is -1.43. The number of benzene rings is 1. The first-order chi connectivity index (χ1) is 12.1. The molecule has 1 aromatic heterocycles. The Kier molecular flexibility index (Phi) is 4.18. The number of hydrogen-bond acceptors (Lipinski definition) is 5. The summed E-state index contributed by atoms with van der Waals surface area (Å²) >= 11 is 0. The summed E-state index contributed by atoms with van der Waals surface area (Å²) in [7, 11) is 0. The van der Waals surface area contributed by atoms with Crippen molar-refractivity contribution in [1.29, 1.82) is 0 Å². The Labute approximate surface area is 150 Å². The molecule has 26 heavy (non-hydrogen) atoms. The quantitative estimate of drug-likeness (QED) is 0.627. The smallest absolute Gasteiger partial charge is 0.412 e. The van der Waals surface area contributed by atoms with E-state index < -0.39 is 22.3 Å². The number of aromatic nitrogens is 1. The Balaban J connectivity index is 1.90. The third-order valence-corrected chi connectivity index (χ3v) is 5.63. The van der Waals surface area contributed by atoms with Gasteiger partial charge in [0.25, 0.3) is 5.69 Å². The van der Waals surface area contributed by atoms with Crippen molar-refractivity contribution >= 4 is 22.7 Å². The molecule has 2 aromatic rings. The normalized spacial score (nSPS) is 25.7. The van der Waals surface area contributed by atoms with E-state index in [4.69, 9.17) is 4.74 Å². The highest BCUT2D eigenvalue weighted by molar-refractivity contribution is 5.86. The van der Waals surface area contributed by atoms with Gasteiger partial charge in [0, 0.05) is 35.3 Å². The average Bonchev–Trinajstić information content (AvgIpc) is 2.97. The summed E-state index contributed by atoms with van der Waals surface area (Å²) in [6, 6.07) is 4.67. The molecule has 0 unspecified atom stereocenters. The number of aromatic amines is 1. The third kappa shape index (κ3) is 2.61. The molecule has 0 spiro atoms. The molecule has 140 valence electrons. The maximum Gasteiger partial charge on any atom is 0.412 e. The van der Waals surface area contributed by atoms with Crippen LogP contribution in [-0.4, -0.2) is 43.9 Å². The van der Waals surface area contributed by atoms with Crippen molar-refractivity contribution in [2.45, 2.75) is 51.9 Å². The number of nitro benzene ring substituents is 1. The lowest BCUT2D eigenvalue weighted by atomic mass is 9.90. The molecule has 2 atom stereocenters. The van der Waals surface area contributed by atoms with Crippen LogP contribution in [0, 0.1) is 17.0 Å². The van der Waals surface area contributed by atoms with Gasteiger partial charge in [-0.2, -0.15) is 0 Å². The fourth-order valence-corrected chi connectivity index (χ4v) is 3.55. The number of nitrogens with zero attached hydrogens (tertiary/aromatic N) is 2. The first-order valence-electron chi connectivity index (χ1n) is 8.59. The van der Waals surface area contributed by atoms with Crippen LogP contribution in [0.1, 0.15) is 38.4 Å². The number of carbonyl (C=O) groups excluding carboxylic acids is 1. The number of carbonyl (C=O) groups is 1. The number of H-pyrrole nitrogens is 1. The molecular weight excluding hydrogens is 338 g/mol. The fourth-order valence-electron chi connectivity index (χ4n) is 3.55. The van der Waals surface area contributed by atoms with Crippen molar-refractivity contribution in [1.82, 2.24) is 9.88 Å². The standard InChI is InChI=1S/C18H23N3O5/c1-5-17(3)18(4,23)20(16(22)26-17)9-8-13-11(2)19-15-7-6-12(21(24)25)10-14(13)15/h6-7,10,19,23H,5,8-9H2,1-4H3/t17-,18+/m1/s1. The van der Waals surface area contributed by atoms with E-state index in [0.717, 1.165) is 22.2 Å². The molecule has 2 heterocycles. The molecule has 8 nitrogen and oxygen atoms in total. The van der Waals surface area contributed by atoms with E-state index in [0.29, 0.717) is 12.8 Å². The molecule has 1 amide bonds. The Morgan fingerprint density at radius 3 is 2.65 bits per heavy atom. The van der Waals surface area contributed by atoms with E-state index in [1.54, 1.807) is 19.9 Å². The SMILES string of the molecule is CC[C@@]1(C)OC(=O)N(CCc2c(C)[nH]c3ccc([N+](=O)[O-])cc23)[C@@]1(C)O. The lowest BCUT2D eigenvalue weighted by molar-refractivity contribution is -0.384. The van der Waals surface area contributed by atoms with Crippen LogP contribution in [0.3, 0.4) is 0 Å². The number of non-ortho nitro benzene ring substituents is 1. The second-order valence-corrected chi connectivity index (χ2v) is 7.09. The van der Waals surface area contributed by atoms with Crippen molar-refractivity contribution in [2.75, 3.05) is 6.54 Å². The van der Waals surface area contributed by atoms with Gasteiger partial charge in [0.1, 0.15) is 0 Å². The molecule has 0 radical (unpaired) electrons. The summed E-state index contributed by atoms with van der Waals surface area (Å²) in [5.41, 5.74) is 0.188. The predicted molar refractivity (Wildman–Crippen MR) is 95.9 cm³/mol. The van der Waals surface area contributed by atoms with Crippen molar-refractivity contribution in [2.24, 2.45) is 0 Å². The molecule has 1 aromatic carbocycles. The maximum atomic E-state index is 12.3. The van der Waals surface area contributed by atoms with Gasteiger partial charge in [0.2, 0.25) is 0 Å². The van der Waals surface area contributed by atoms with Crippen LogP contribution in [0.4, 0.5) is 10.5 Å². The van der Waals surface area contributed by atoms with Gasteiger partial charge >= 0.3 is 6.09 Å². The summed E-state index contributed by atoms with van der Waals surface area (Å²) in [6.07, 6.45) is 0.376. The second-order valence-electron chi connectivity index (χ2n) is 7.09. The van der Waals surface area contributed by atoms with Crippen molar-refractivity contribution in [3.63, 3.8) is 0 Å².